The minimum atomic E-state index is 0. The predicted octanol–water partition coefficient (Wildman–Crippen LogP) is 3.98. The molecule has 1 heterocycles. The van der Waals surface area contributed by atoms with Gasteiger partial charge in [-0.3, -0.25) is 0 Å². The first kappa shape index (κ1) is 20.9. The van der Waals surface area contributed by atoms with Gasteiger partial charge in [-0.15, -0.1) is 35.3 Å². The minimum absolute atomic E-state index is 0. The molecule has 24 heavy (non-hydrogen) atoms. The van der Waals surface area contributed by atoms with Crippen molar-refractivity contribution in [3.63, 3.8) is 0 Å². The zero-order valence-corrected chi connectivity index (χ0v) is 18.0. The number of nitrogens with one attached hydrogen (secondary N) is 2. The number of aryl methyl sites for hydroxylation is 3. The Morgan fingerprint density at radius 2 is 1.83 bits per heavy atom. The van der Waals surface area contributed by atoms with Crippen LogP contribution in [0.4, 0.5) is 0 Å². The van der Waals surface area contributed by atoms with Crippen LogP contribution in [0.5, 0.6) is 0 Å². The molecule has 0 unspecified atom stereocenters. The van der Waals surface area contributed by atoms with E-state index in [1.54, 1.807) is 11.3 Å². The second-order valence-corrected chi connectivity index (χ2v) is 7.05. The highest BCUT2D eigenvalue weighted by Gasteiger charge is 2.01. The molecule has 6 heteroatoms. The average Bonchev–Trinajstić information content (AvgIpc) is 2.89. The topological polar surface area (TPSA) is 49.3 Å². The average molecular weight is 458 g/mol. The van der Waals surface area contributed by atoms with Crippen LogP contribution in [0, 0.1) is 20.8 Å². The predicted molar refractivity (Wildman–Crippen MR) is 115 cm³/mol. The Kier molecular flexibility index (Phi) is 9.28. The van der Waals surface area contributed by atoms with Gasteiger partial charge in [-0.05, 0) is 39.7 Å². The number of nitrogens with zero attached hydrogens (tertiary/aromatic N) is 2. The maximum Gasteiger partial charge on any atom is 0.191 e. The highest BCUT2D eigenvalue weighted by Crippen LogP contribution is 2.12. The molecular formula is C18H27IN4S. The molecule has 0 atom stereocenters. The lowest BCUT2D eigenvalue weighted by Crippen LogP contribution is -2.38. The van der Waals surface area contributed by atoms with Gasteiger partial charge in [0.1, 0.15) is 5.01 Å². The number of thiazole rings is 1. The third-order valence-corrected chi connectivity index (χ3v) is 4.27. The molecule has 1 aromatic carbocycles. The van der Waals surface area contributed by atoms with Crippen LogP contribution in [0.25, 0.3) is 0 Å². The lowest BCUT2D eigenvalue weighted by atomic mass is 10.1. The van der Waals surface area contributed by atoms with Crippen LogP contribution in [-0.4, -0.2) is 24.0 Å². The Morgan fingerprint density at radius 3 is 2.42 bits per heavy atom. The lowest BCUT2D eigenvalue weighted by Gasteiger charge is -2.11. The second-order valence-electron chi connectivity index (χ2n) is 5.73. The number of hydrogen-bond acceptors (Lipinski definition) is 3. The molecule has 0 fully saturated rings. The highest BCUT2D eigenvalue weighted by molar-refractivity contribution is 14.0. The van der Waals surface area contributed by atoms with Crippen LogP contribution in [0.3, 0.4) is 0 Å². The van der Waals surface area contributed by atoms with Crippen LogP contribution >= 0.6 is 35.3 Å². The third kappa shape index (κ3) is 7.17. The maximum atomic E-state index is 4.61. The molecule has 2 N–H and O–H groups in total. The van der Waals surface area contributed by atoms with Crippen molar-refractivity contribution in [3.05, 3.63) is 51.0 Å². The summed E-state index contributed by atoms with van der Waals surface area (Å²) >= 11 is 1.70. The van der Waals surface area contributed by atoms with Crippen LogP contribution < -0.4 is 10.6 Å². The summed E-state index contributed by atoms with van der Waals surface area (Å²) in [6.45, 7) is 10.8. The van der Waals surface area contributed by atoms with Crippen molar-refractivity contribution >= 4 is 41.3 Å². The number of benzene rings is 1. The van der Waals surface area contributed by atoms with Gasteiger partial charge in [0.25, 0.3) is 0 Å². The molecule has 0 bridgehead atoms. The summed E-state index contributed by atoms with van der Waals surface area (Å²) in [7, 11) is 0. The summed E-state index contributed by atoms with van der Waals surface area (Å²) in [5.41, 5.74) is 4.00. The summed E-state index contributed by atoms with van der Waals surface area (Å²) in [4.78, 5) is 10.2. The summed E-state index contributed by atoms with van der Waals surface area (Å²) in [6, 6.07) is 6.70. The molecule has 2 aromatic rings. The fourth-order valence-electron chi connectivity index (χ4n) is 2.50. The van der Waals surface area contributed by atoms with Crippen LogP contribution in [0.1, 0.15) is 33.5 Å². The molecule has 132 valence electrons. The zero-order valence-electron chi connectivity index (χ0n) is 14.8. The smallest absolute Gasteiger partial charge is 0.191 e. The SMILES string of the molecule is CCNC(=NCc1ncc(C)s1)NCCc1cc(C)cc(C)c1.I. The molecular weight excluding hydrogens is 431 g/mol. The van der Waals surface area contributed by atoms with Crippen molar-refractivity contribution in [1.29, 1.82) is 0 Å². The Bertz CT molecular complexity index is 647. The van der Waals surface area contributed by atoms with Gasteiger partial charge in [-0.25, -0.2) is 9.98 Å². The van der Waals surface area contributed by atoms with E-state index in [4.69, 9.17) is 0 Å². The van der Waals surface area contributed by atoms with Crippen molar-refractivity contribution in [3.8, 4) is 0 Å². The first-order chi connectivity index (χ1) is 11.1. The van der Waals surface area contributed by atoms with E-state index >= 15 is 0 Å². The van der Waals surface area contributed by atoms with E-state index in [0.717, 1.165) is 30.5 Å². The number of aliphatic imine (C=N–C) groups is 1. The normalized spacial score (nSPS) is 11.1. The van der Waals surface area contributed by atoms with E-state index in [1.807, 2.05) is 6.20 Å². The number of aromatic nitrogens is 1. The number of halogens is 1. The molecule has 0 amide bonds. The highest BCUT2D eigenvalue weighted by atomic mass is 127. The summed E-state index contributed by atoms with van der Waals surface area (Å²) in [5, 5.41) is 7.74. The molecule has 0 saturated carbocycles. The van der Waals surface area contributed by atoms with Gasteiger partial charge < -0.3 is 10.6 Å². The fraction of sp³-hybridized carbons (Fsp3) is 0.444. The molecule has 1 aromatic heterocycles. The van der Waals surface area contributed by atoms with Gasteiger partial charge in [0.15, 0.2) is 5.96 Å². The molecule has 0 aliphatic carbocycles. The van der Waals surface area contributed by atoms with Crippen LogP contribution in [0.2, 0.25) is 0 Å². The summed E-state index contributed by atoms with van der Waals surface area (Å²) in [5.74, 6) is 0.852. The van der Waals surface area contributed by atoms with Crippen molar-refractivity contribution in [2.75, 3.05) is 13.1 Å². The molecule has 2 rings (SSSR count). The fourth-order valence-corrected chi connectivity index (χ4v) is 3.21. The standard InChI is InChI=1S/C18H26N4S.HI/c1-5-19-18(22-12-17-21-11-15(4)23-17)20-7-6-16-9-13(2)8-14(3)10-16;/h8-11H,5-7,12H2,1-4H3,(H2,19,20,22);1H. The Labute approximate surface area is 166 Å². The molecule has 0 radical (unpaired) electrons. The van der Waals surface area contributed by atoms with Crippen LogP contribution in [0.15, 0.2) is 29.4 Å². The van der Waals surface area contributed by atoms with Gasteiger partial charge in [0.2, 0.25) is 0 Å². The van der Waals surface area contributed by atoms with E-state index in [9.17, 15) is 0 Å². The van der Waals surface area contributed by atoms with Crippen molar-refractivity contribution in [1.82, 2.24) is 15.6 Å². The summed E-state index contributed by atoms with van der Waals surface area (Å²) < 4.78 is 0. The Morgan fingerprint density at radius 1 is 1.12 bits per heavy atom. The first-order valence-electron chi connectivity index (χ1n) is 8.07. The Hall–Kier alpha value is -1.15. The maximum absolute atomic E-state index is 4.61. The van der Waals surface area contributed by atoms with Crippen molar-refractivity contribution in [2.24, 2.45) is 4.99 Å². The van der Waals surface area contributed by atoms with E-state index in [1.165, 1.54) is 21.6 Å². The molecule has 0 aliphatic rings. The largest absolute Gasteiger partial charge is 0.357 e. The first-order valence-corrected chi connectivity index (χ1v) is 8.89. The summed E-state index contributed by atoms with van der Waals surface area (Å²) in [6.07, 6.45) is 2.89. The van der Waals surface area contributed by atoms with Crippen molar-refractivity contribution < 1.29 is 0 Å². The van der Waals surface area contributed by atoms with E-state index in [0.29, 0.717) is 6.54 Å². The molecule has 0 saturated heterocycles. The van der Waals surface area contributed by atoms with Gasteiger partial charge >= 0.3 is 0 Å². The van der Waals surface area contributed by atoms with Gasteiger partial charge in [0.05, 0.1) is 6.54 Å². The Balaban J connectivity index is 0.00000288. The quantitative estimate of drug-likeness (QED) is 0.391. The number of hydrogen-bond donors (Lipinski definition) is 2. The zero-order chi connectivity index (χ0) is 16.7. The molecule has 4 nitrogen and oxygen atoms in total. The second kappa shape index (κ2) is 10.7. The monoisotopic (exact) mass is 458 g/mol. The number of rotatable bonds is 6. The molecule has 0 spiro atoms. The minimum Gasteiger partial charge on any atom is -0.357 e. The number of guanidine groups is 1. The van der Waals surface area contributed by atoms with Crippen molar-refractivity contribution in [2.45, 2.75) is 40.7 Å². The third-order valence-electron chi connectivity index (χ3n) is 3.37. The molecule has 0 aliphatic heterocycles. The van der Waals surface area contributed by atoms with Gasteiger partial charge in [-0.1, -0.05) is 29.3 Å². The van der Waals surface area contributed by atoms with E-state index < -0.39 is 0 Å². The van der Waals surface area contributed by atoms with Crippen LogP contribution in [-0.2, 0) is 13.0 Å². The van der Waals surface area contributed by atoms with E-state index in [-0.39, 0.29) is 24.0 Å². The lowest BCUT2D eigenvalue weighted by molar-refractivity contribution is 0.798. The van der Waals surface area contributed by atoms with Gasteiger partial charge in [0, 0.05) is 24.2 Å². The van der Waals surface area contributed by atoms with Gasteiger partial charge in [-0.2, -0.15) is 0 Å². The van der Waals surface area contributed by atoms with E-state index in [2.05, 4.69) is 66.5 Å².